The minimum atomic E-state index is -0.300. The average Bonchev–Trinajstić information content (AvgIpc) is 2.64. The highest BCUT2D eigenvalue weighted by molar-refractivity contribution is 4.67. The van der Waals surface area contributed by atoms with E-state index in [1.54, 1.807) is 0 Å². The van der Waals surface area contributed by atoms with Crippen molar-refractivity contribution in [2.45, 2.75) is 57.7 Å². The Hall–Kier alpha value is -0.120. The molecule has 0 amide bonds. The lowest BCUT2D eigenvalue weighted by Gasteiger charge is -2.21. The molecule has 1 aliphatic heterocycles. The van der Waals surface area contributed by atoms with Gasteiger partial charge in [-0.2, -0.15) is 0 Å². The van der Waals surface area contributed by atoms with Gasteiger partial charge < -0.3 is 14.6 Å². The molecule has 90 valence electrons. The van der Waals surface area contributed by atoms with Crippen molar-refractivity contribution in [1.29, 1.82) is 0 Å². The maximum absolute atomic E-state index is 8.61. The number of ether oxygens (including phenoxy) is 2. The molecule has 0 saturated carbocycles. The SMILES string of the molecule is CC1(CCCCCCCCO)OCCO1. The summed E-state index contributed by atoms with van der Waals surface area (Å²) >= 11 is 0. The second-order valence-corrected chi connectivity index (χ2v) is 4.43. The summed E-state index contributed by atoms with van der Waals surface area (Å²) in [6.45, 7) is 3.85. The predicted octanol–water partition coefficient (Wildman–Crippen LogP) is 2.47. The van der Waals surface area contributed by atoms with E-state index in [-0.39, 0.29) is 5.79 Å². The standard InChI is InChI=1S/C12H24O3/c1-12(14-10-11-15-12)8-6-4-2-3-5-7-9-13/h13H,2-11H2,1H3. The van der Waals surface area contributed by atoms with Crippen LogP contribution in [0.3, 0.4) is 0 Å². The second-order valence-electron chi connectivity index (χ2n) is 4.43. The minimum absolute atomic E-state index is 0.300. The highest BCUT2D eigenvalue weighted by Gasteiger charge is 2.29. The molecule has 1 heterocycles. The van der Waals surface area contributed by atoms with E-state index >= 15 is 0 Å². The number of rotatable bonds is 8. The van der Waals surface area contributed by atoms with E-state index in [9.17, 15) is 0 Å². The Kier molecular flexibility index (Phi) is 6.22. The van der Waals surface area contributed by atoms with Gasteiger partial charge in [0, 0.05) is 13.0 Å². The lowest BCUT2D eigenvalue weighted by molar-refractivity contribution is -0.147. The summed E-state index contributed by atoms with van der Waals surface area (Å²) in [5.41, 5.74) is 0. The fourth-order valence-corrected chi connectivity index (χ4v) is 1.97. The van der Waals surface area contributed by atoms with Crippen molar-refractivity contribution < 1.29 is 14.6 Å². The molecule has 0 spiro atoms. The van der Waals surface area contributed by atoms with Crippen LogP contribution in [0.25, 0.3) is 0 Å². The van der Waals surface area contributed by atoms with Crippen LogP contribution >= 0.6 is 0 Å². The second kappa shape index (κ2) is 7.20. The highest BCUT2D eigenvalue weighted by atomic mass is 16.7. The maximum atomic E-state index is 8.61. The van der Waals surface area contributed by atoms with Gasteiger partial charge in [0.05, 0.1) is 13.2 Å². The van der Waals surface area contributed by atoms with Crippen molar-refractivity contribution >= 4 is 0 Å². The van der Waals surface area contributed by atoms with Crippen molar-refractivity contribution in [3.8, 4) is 0 Å². The first-order valence-corrected chi connectivity index (χ1v) is 6.16. The number of hydrogen-bond donors (Lipinski definition) is 1. The predicted molar refractivity (Wildman–Crippen MR) is 59.7 cm³/mol. The van der Waals surface area contributed by atoms with Crippen LogP contribution in [-0.2, 0) is 9.47 Å². The van der Waals surface area contributed by atoms with E-state index in [4.69, 9.17) is 14.6 Å². The Balaban J connectivity index is 1.88. The van der Waals surface area contributed by atoms with Gasteiger partial charge in [0.1, 0.15) is 0 Å². The Bertz CT molecular complexity index is 153. The quantitative estimate of drug-likeness (QED) is 0.633. The fraction of sp³-hybridized carbons (Fsp3) is 1.00. The molecule has 0 bridgehead atoms. The molecule has 0 atom stereocenters. The molecule has 1 N–H and O–H groups in total. The molecular formula is C12H24O3. The third-order valence-corrected chi connectivity index (χ3v) is 2.94. The molecule has 0 unspecified atom stereocenters. The third kappa shape index (κ3) is 5.50. The first kappa shape index (κ1) is 12.9. The van der Waals surface area contributed by atoms with E-state index in [0.29, 0.717) is 6.61 Å². The zero-order valence-electron chi connectivity index (χ0n) is 9.83. The molecular weight excluding hydrogens is 192 g/mol. The van der Waals surface area contributed by atoms with Gasteiger partial charge in [-0.15, -0.1) is 0 Å². The van der Waals surface area contributed by atoms with Crippen molar-refractivity contribution in [1.82, 2.24) is 0 Å². The van der Waals surface area contributed by atoms with Gasteiger partial charge in [-0.1, -0.05) is 25.7 Å². The summed E-state index contributed by atoms with van der Waals surface area (Å²) in [4.78, 5) is 0. The van der Waals surface area contributed by atoms with Gasteiger partial charge >= 0.3 is 0 Å². The zero-order chi connectivity index (χ0) is 11.0. The number of aliphatic hydroxyl groups is 1. The summed E-state index contributed by atoms with van der Waals surface area (Å²) in [6.07, 6.45) is 8.02. The van der Waals surface area contributed by atoms with Gasteiger partial charge in [-0.3, -0.25) is 0 Å². The third-order valence-electron chi connectivity index (χ3n) is 2.94. The minimum Gasteiger partial charge on any atom is -0.396 e. The van der Waals surface area contributed by atoms with Crippen LogP contribution < -0.4 is 0 Å². The van der Waals surface area contributed by atoms with Crippen LogP contribution in [0.1, 0.15) is 51.9 Å². The van der Waals surface area contributed by atoms with Crippen LogP contribution in [0.15, 0.2) is 0 Å². The molecule has 1 fully saturated rings. The van der Waals surface area contributed by atoms with Crippen LogP contribution in [0, 0.1) is 0 Å². The summed E-state index contributed by atoms with van der Waals surface area (Å²) in [5.74, 6) is -0.300. The first-order valence-electron chi connectivity index (χ1n) is 6.16. The zero-order valence-corrected chi connectivity index (χ0v) is 9.83. The molecule has 3 heteroatoms. The number of unbranched alkanes of at least 4 members (excludes halogenated alkanes) is 5. The van der Waals surface area contributed by atoms with E-state index in [1.165, 1.54) is 25.7 Å². The number of aliphatic hydroxyl groups excluding tert-OH is 1. The summed E-state index contributed by atoms with van der Waals surface area (Å²) in [5, 5.41) is 8.61. The summed E-state index contributed by atoms with van der Waals surface area (Å²) < 4.78 is 11.1. The molecule has 1 saturated heterocycles. The van der Waals surface area contributed by atoms with E-state index in [1.807, 2.05) is 6.92 Å². The average molecular weight is 216 g/mol. The monoisotopic (exact) mass is 216 g/mol. The van der Waals surface area contributed by atoms with Crippen LogP contribution in [-0.4, -0.2) is 30.7 Å². The Morgan fingerprint density at radius 3 is 2.07 bits per heavy atom. The normalized spacial score (nSPS) is 19.6. The largest absolute Gasteiger partial charge is 0.396 e. The molecule has 1 aliphatic rings. The fourth-order valence-electron chi connectivity index (χ4n) is 1.97. The molecule has 15 heavy (non-hydrogen) atoms. The van der Waals surface area contributed by atoms with Gasteiger partial charge in [0.2, 0.25) is 0 Å². The number of hydrogen-bond acceptors (Lipinski definition) is 3. The molecule has 0 aromatic carbocycles. The van der Waals surface area contributed by atoms with Crippen LogP contribution in [0.5, 0.6) is 0 Å². The van der Waals surface area contributed by atoms with E-state index in [0.717, 1.165) is 32.5 Å². The van der Waals surface area contributed by atoms with Crippen molar-refractivity contribution in [3.63, 3.8) is 0 Å². The topological polar surface area (TPSA) is 38.7 Å². The summed E-state index contributed by atoms with van der Waals surface area (Å²) in [6, 6.07) is 0. The molecule has 1 rings (SSSR count). The van der Waals surface area contributed by atoms with Crippen LogP contribution in [0.4, 0.5) is 0 Å². The Morgan fingerprint density at radius 2 is 1.47 bits per heavy atom. The van der Waals surface area contributed by atoms with Gasteiger partial charge in [0.25, 0.3) is 0 Å². The molecule has 0 aromatic rings. The highest BCUT2D eigenvalue weighted by Crippen LogP contribution is 2.25. The van der Waals surface area contributed by atoms with E-state index in [2.05, 4.69) is 0 Å². The van der Waals surface area contributed by atoms with Gasteiger partial charge in [0.15, 0.2) is 5.79 Å². The Labute approximate surface area is 92.8 Å². The summed E-state index contributed by atoms with van der Waals surface area (Å²) in [7, 11) is 0. The maximum Gasteiger partial charge on any atom is 0.165 e. The van der Waals surface area contributed by atoms with Gasteiger partial charge in [-0.25, -0.2) is 0 Å². The smallest absolute Gasteiger partial charge is 0.165 e. The first-order chi connectivity index (χ1) is 7.27. The Morgan fingerprint density at radius 1 is 0.933 bits per heavy atom. The molecule has 3 nitrogen and oxygen atoms in total. The van der Waals surface area contributed by atoms with Crippen LogP contribution in [0.2, 0.25) is 0 Å². The molecule has 0 aromatic heterocycles. The van der Waals surface area contributed by atoms with Crippen molar-refractivity contribution in [2.75, 3.05) is 19.8 Å². The van der Waals surface area contributed by atoms with Gasteiger partial charge in [-0.05, 0) is 19.8 Å². The van der Waals surface area contributed by atoms with Crippen molar-refractivity contribution in [2.24, 2.45) is 0 Å². The van der Waals surface area contributed by atoms with Crippen molar-refractivity contribution in [3.05, 3.63) is 0 Å². The lowest BCUT2D eigenvalue weighted by atomic mass is 10.1. The molecule has 0 radical (unpaired) electrons. The lowest BCUT2D eigenvalue weighted by Crippen LogP contribution is -2.24. The van der Waals surface area contributed by atoms with E-state index < -0.39 is 0 Å². The molecule has 0 aliphatic carbocycles.